The van der Waals surface area contributed by atoms with E-state index in [4.69, 9.17) is 32.7 Å². The van der Waals surface area contributed by atoms with Crippen LogP contribution in [0.25, 0.3) is 0 Å². The van der Waals surface area contributed by atoms with Crippen molar-refractivity contribution in [2.45, 2.75) is 25.5 Å². The number of halogens is 2. The number of nitrogens with one attached hydrogen (secondary N) is 1. The summed E-state index contributed by atoms with van der Waals surface area (Å²) in [6.07, 6.45) is 0.150. The summed E-state index contributed by atoms with van der Waals surface area (Å²) in [5, 5.41) is 14.6. The van der Waals surface area contributed by atoms with Crippen molar-refractivity contribution in [3.8, 4) is 11.5 Å². The first-order valence-corrected chi connectivity index (χ1v) is 8.77. The van der Waals surface area contributed by atoms with Crippen molar-refractivity contribution >= 4 is 23.2 Å². The van der Waals surface area contributed by atoms with Crippen molar-refractivity contribution in [1.29, 1.82) is 0 Å². The average Bonchev–Trinajstić information content (AvgIpc) is 2.61. The fourth-order valence-corrected chi connectivity index (χ4v) is 2.89. The molecule has 0 fully saturated rings. The molecule has 0 bridgehead atoms. The molecule has 2 atom stereocenters. The maximum atomic E-state index is 10.3. The van der Waals surface area contributed by atoms with Gasteiger partial charge in [0.25, 0.3) is 0 Å². The molecular weight excluding hydrogens is 361 g/mol. The largest absolute Gasteiger partial charge is 0.493 e. The van der Waals surface area contributed by atoms with Crippen LogP contribution in [0.5, 0.6) is 11.5 Å². The maximum absolute atomic E-state index is 10.3. The number of rotatable bonds is 8. The van der Waals surface area contributed by atoms with E-state index in [1.54, 1.807) is 32.4 Å². The van der Waals surface area contributed by atoms with Crippen LogP contribution in [0.15, 0.2) is 36.4 Å². The second-order valence-electron chi connectivity index (χ2n) is 5.89. The van der Waals surface area contributed by atoms with Gasteiger partial charge >= 0.3 is 0 Å². The molecule has 0 aliphatic carbocycles. The van der Waals surface area contributed by atoms with Crippen molar-refractivity contribution < 1.29 is 14.6 Å². The van der Waals surface area contributed by atoms with E-state index < -0.39 is 6.10 Å². The van der Waals surface area contributed by atoms with Gasteiger partial charge in [0.1, 0.15) is 0 Å². The number of methoxy groups -OCH3 is 2. The lowest BCUT2D eigenvalue weighted by Crippen LogP contribution is -2.32. The van der Waals surface area contributed by atoms with E-state index in [1.807, 2.05) is 18.2 Å². The van der Waals surface area contributed by atoms with Crippen LogP contribution in [0, 0.1) is 0 Å². The molecule has 136 valence electrons. The third-order valence-electron chi connectivity index (χ3n) is 3.98. The van der Waals surface area contributed by atoms with Gasteiger partial charge in [0.05, 0.1) is 30.4 Å². The molecule has 0 aromatic heterocycles. The standard InChI is InChI=1S/C19H23Cl2NO3/c1-12(8-13-4-7-18(24-2)19(9-13)25-3)22-11-17(23)14-5-6-15(20)16(21)10-14/h4-7,9-10,12,17,22-23H,8,11H2,1-3H3/t12-,17+/m1/s1. The Kier molecular flexibility index (Phi) is 7.38. The first-order chi connectivity index (χ1) is 11.9. The van der Waals surface area contributed by atoms with Crippen LogP contribution in [0.4, 0.5) is 0 Å². The zero-order valence-electron chi connectivity index (χ0n) is 14.6. The zero-order valence-corrected chi connectivity index (χ0v) is 16.1. The van der Waals surface area contributed by atoms with Crippen molar-refractivity contribution in [1.82, 2.24) is 5.32 Å². The Balaban J connectivity index is 1.91. The highest BCUT2D eigenvalue weighted by atomic mass is 35.5. The Bertz CT molecular complexity index is 709. The van der Waals surface area contributed by atoms with Gasteiger partial charge in [-0.2, -0.15) is 0 Å². The Labute approximate surface area is 158 Å². The molecule has 4 nitrogen and oxygen atoms in total. The normalized spacial score (nSPS) is 13.4. The van der Waals surface area contributed by atoms with E-state index >= 15 is 0 Å². The summed E-state index contributed by atoms with van der Waals surface area (Å²) in [5.41, 5.74) is 1.86. The molecule has 25 heavy (non-hydrogen) atoms. The molecule has 0 spiro atoms. The molecule has 0 radical (unpaired) electrons. The molecule has 2 aromatic rings. The first-order valence-electron chi connectivity index (χ1n) is 8.02. The minimum absolute atomic E-state index is 0.176. The Morgan fingerprint density at radius 1 is 1.00 bits per heavy atom. The van der Waals surface area contributed by atoms with E-state index in [0.717, 1.165) is 17.5 Å². The zero-order chi connectivity index (χ0) is 18.4. The minimum atomic E-state index is -0.650. The number of ether oxygens (including phenoxy) is 2. The molecule has 0 saturated heterocycles. The van der Waals surface area contributed by atoms with Gasteiger partial charge in [-0.05, 0) is 48.7 Å². The van der Waals surface area contributed by atoms with Gasteiger partial charge in [-0.25, -0.2) is 0 Å². The highest BCUT2D eigenvalue weighted by molar-refractivity contribution is 6.42. The van der Waals surface area contributed by atoms with Gasteiger partial charge in [-0.15, -0.1) is 0 Å². The molecule has 2 aromatic carbocycles. The predicted molar refractivity (Wildman–Crippen MR) is 102 cm³/mol. The first kappa shape index (κ1) is 19.9. The summed E-state index contributed by atoms with van der Waals surface area (Å²) in [6.45, 7) is 2.49. The fraction of sp³-hybridized carbons (Fsp3) is 0.368. The molecule has 2 rings (SSSR count). The van der Waals surface area contributed by atoms with Gasteiger partial charge < -0.3 is 19.9 Å². The molecule has 0 aliphatic heterocycles. The Morgan fingerprint density at radius 2 is 1.72 bits per heavy atom. The smallest absolute Gasteiger partial charge is 0.160 e. The lowest BCUT2D eigenvalue weighted by atomic mass is 10.1. The van der Waals surface area contributed by atoms with Crippen LogP contribution >= 0.6 is 23.2 Å². The van der Waals surface area contributed by atoms with Crippen LogP contribution in [0.1, 0.15) is 24.2 Å². The van der Waals surface area contributed by atoms with Crippen molar-refractivity contribution in [3.63, 3.8) is 0 Å². The van der Waals surface area contributed by atoms with Gasteiger partial charge in [0.2, 0.25) is 0 Å². The molecule has 0 heterocycles. The summed E-state index contributed by atoms with van der Waals surface area (Å²) in [4.78, 5) is 0. The van der Waals surface area contributed by atoms with Crippen LogP contribution < -0.4 is 14.8 Å². The Hall–Kier alpha value is -1.46. The van der Waals surface area contributed by atoms with Gasteiger partial charge in [0.15, 0.2) is 11.5 Å². The number of benzene rings is 2. The van der Waals surface area contributed by atoms with Crippen molar-refractivity contribution in [3.05, 3.63) is 57.6 Å². The number of hydrogen-bond donors (Lipinski definition) is 2. The summed E-state index contributed by atoms with van der Waals surface area (Å²) in [6, 6.07) is 11.2. The highest BCUT2D eigenvalue weighted by Crippen LogP contribution is 2.28. The summed E-state index contributed by atoms with van der Waals surface area (Å²) in [5.74, 6) is 1.42. The molecule has 0 saturated carbocycles. The molecule has 0 aliphatic rings. The third-order valence-corrected chi connectivity index (χ3v) is 4.72. The lowest BCUT2D eigenvalue weighted by molar-refractivity contribution is 0.170. The molecule has 6 heteroatoms. The molecule has 0 amide bonds. The number of aliphatic hydroxyl groups is 1. The highest BCUT2D eigenvalue weighted by Gasteiger charge is 2.12. The predicted octanol–water partition coefficient (Wildman–Crippen LogP) is 4.26. The maximum Gasteiger partial charge on any atom is 0.160 e. The van der Waals surface area contributed by atoms with Crippen LogP contribution in [0.3, 0.4) is 0 Å². The quantitative estimate of drug-likeness (QED) is 0.714. The topological polar surface area (TPSA) is 50.7 Å². The van der Waals surface area contributed by atoms with E-state index in [-0.39, 0.29) is 6.04 Å². The average molecular weight is 384 g/mol. The Morgan fingerprint density at radius 3 is 2.36 bits per heavy atom. The minimum Gasteiger partial charge on any atom is -0.493 e. The summed E-state index contributed by atoms with van der Waals surface area (Å²) in [7, 11) is 3.24. The van der Waals surface area contributed by atoms with E-state index in [9.17, 15) is 5.11 Å². The van der Waals surface area contributed by atoms with Crippen LogP contribution in [-0.2, 0) is 6.42 Å². The second-order valence-corrected chi connectivity index (χ2v) is 6.71. The monoisotopic (exact) mass is 383 g/mol. The van der Waals surface area contributed by atoms with Crippen LogP contribution in [-0.4, -0.2) is 31.9 Å². The van der Waals surface area contributed by atoms with Gasteiger partial charge in [0, 0.05) is 12.6 Å². The number of aliphatic hydroxyl groups excluding tert-OH is 1. The molecule has 2 N–H and O–H groups in total. The fourth-order valence-electron chi connectivity index (χ4n) is 2.58. The summed E-state index contributed by atoms with van der Waals surface area (Å²) >= 11 is 11.9. The SMILES string of the molecule is COc1ccc(C[C@@H](C)NC[C@H](O)c2ccc(Cl)c(Cl)c2)cc1OC. The summed E-state index contributed by atoms with van der Waals surface area (Å²) < 4.78 is 10.6. The van der Waals surface area contributed by atoms with E-state index in [0.29, 0.717) is 28.1 Å². The molecular formula is C19H23Cl2NO3. The van der Waals surface area contributed by atoms with Crippen molar-refractivity contribution in [2.75, 3.05) is 20.8 Å². The third kappa shape index (κ3) is 5.51. The van der Waals surface area contributed by atoms with E-state index in [1.165, 1.54) is 0 Å². The van der Waals surface area contributed by atoms with Crippen LogP contribution in [0.2, 0.25) is 10.0 Å². The van der Waals surface area contributed by atoms with Gasteiger partial charge in [-0.3, -0.25) is 0 Å². The molecule has 0 unspecified atom stereocenters. The van der Waals surface area contributed by atoms with Gasteiger partial charge in [-0.1, -0.05) is 35.3 Å². The van der Waals surface area contributed by atoms with Crippen molar-refractivity contribution in [2.24, 2.45) is 0 Å². The second kappa shape index (κ2) is 9.30. The van der Waals surface area contributed by atoms with E-state index in [2.05, 4.69) is 12.2 Å². The number of hydrogen-bond acceptors (Lipinski definition) is 4. The lowest BCUT2D eigenvalue weighted by Gasteiger charge is -2.18.